The summed E-state index contributed by atoms with van der Waals surface area (Å²) in [5, 5.41) is 11.0. The number of carbonyl (C=O) groups is 2. The highest BCUT2D eigenvalue weighted by molar-refractivity contribution is 5.94. The van der Waals surface area contributed by atoms with E-state index in [4.69, 9.17) is 9.84 Å². The van der Waals surface area contributed by atoms with E-state index >= 15 is 0 Å². The Labute approximate surface area is 118 Å². The van der Waals surface area contributed by atoms with E-state index < -0.39 is 17.9 Å². The molecule has 0 fully saturated rings. The molecule has 0 saturated carbocycles. The van der Waals surface area contributed by atoms with Crippen LogP contribution >= 0.6 is 0 Å². The number of benzene rings is 1. The van der Waals surface area contributed by atoms with Gasteiger partial charge in [0.15, 0.2) is 0 Å². The molecule has 1 rings (SSSR count). The Balaban J connectivity index is 2.61. The highest BCUT2D eigenvalue weighted by atomic mass is 16.5. The second kappa shape index (κ2) is 7.99. The summed E-state index contributed by atoms with van der Waals surface area (Å²) >= 11 is 0. The first kappa shape index (κ1) is 15.8. The first-order valence-corrected chi connectivity index (χ1v) is 6.47. The van der Waals surface area contributed by atoms with Crippen LogP contribution < -0.4 is 10.1 Å². The number of rotatable bonds is 7. The molecular formula is C15H19NO4. The normalized spacial score (nSPS) is 12.1. The van der Waals surface area contributed by atoms with E-state index in [0.29, 0.717) is 6.61 Å². The quantitative estimate of drug-likeness (QED) is 0.748. The van der Waals surface area contributed by atoms with Crippen molar-refractivity contribution >= 4 is 18.0 Å². The third-order valence-corrected chi connectivity index (χ3v) is 2.49. The van der Waals surface area contributed by atoms with Gasteiger partial charge in [0.25, 0.3) is 0 Å². The van der Waals surface area contributed by atoms with Crippen LogP contribution in [0.15, 0.2) is 30.3 Å². The third kappa shape index (κ3) is 5.56. The maximum atomic E-state index is 11.5. The molecule has 1 aromatic carbocycles. The van der Waals surface area contributed by atoms with Gasteiger partial charge in [-0.15, -0.1) is 0 Å². The molecule has 1 atom stereocenters. The minimum absolute atomic E-state index is 0.445. The van der Waals surface area contributed by atoms with Crippen molar-refractivity contribution in [2.24, 2.45) is 0 Å². The Bertz CT molecular complexity index is 496. The molecule has 2 N–H and O–H groups in total. The van der Waals surface area contributed by atoms with Crippen LogP contribution in [0, 0.1) is 0 Å². The van der Waals surface area contributed by atoms with Gasteiger partial charge in [-0.25, -0.2) is 0 Å². The number of amides is 1. The van der Waals surface area contributed by atoms with Gasteiger partial charge in [-0.05, 0) is 37.1 Å². The number of hydrogen-bond donors (Lipinski definition) is 2. The average Bonchev–Trinajstić information content (AvgIpc) is 2.43. The van der Waals surface area contributed by atoms with Crippen LogP contribution in [-0.2, 0) is 9.59 Å². The molecule has 0 radical (unpaired) electrons. The molecule has 0 aromatic heterocycles. The molecule has 5 nitrogen and oxygen atoms in total. The number of ether oxygens (including phenoxy) is 1. The van der Waals surface area contributed by atoms with Crippen molar-refractivity contribution in [2.45, 2.75) is 26.3 Å². The summed E-state index contributed by atoms with van der Waals surface area (Å²) in [6.07, 6.45) is 3.84. The summed E-state index contributed by atoms with van der Waals surface area (Å²) in [6, 6.07) is 6.43. The first-order chi connectivity index (χ1) is 9.52. The molecule has 1 aromatic rings. The van der Waals surface area contributed by atoms with E-state index in [2.05, 4.69) is 5.32 Å². The zero-order valence-corrected chi connectivity index (χ0v) is 11.6. The monoisotopic (exact) mass is 277 g/mol. The summed E-state index contributed by atoms with van der Waals surface area (Å²) in [7, 11) is 0. The number of carboxylic acids is 1. The Morgan fingerprint density at radius 2 is 2.20 bits per heavy atom. The standard InChI is InChI=1S/C15H19NO4/c1-3-9-20-13-6-4-5-12(10-13)7-8-14(17)16-11(2)15(18)19/h4-8,10-11H,3,9H2,1-2H3,(H,16,17)(H,18,19)/b8-7+. The molecule has 20 heavy (non-hydrogen) atoms. The van der Waals surface area contributed by atoms with Crippen LogP contribution in [-0.4, -0.2) is 29.6 Å². The number of carboxylic acid groups (broad SMARTS) is 1. The molecular weight excluding hydrogens is 258 g/mol. The van der Waals surface area contributed by atoms with Crippen molar-refractivity contribution in [3.8, 4) is 5.75 Å². The zero-order valence-electron chi connectivity index (χ0n) is 11.6. The maximum Gasteiger partial charge on any atom is 0.325 e. The van der Waals surface area contributed by atoms with E-state index in [1.54, 1.807) is 6.08 Å². The molecule has 5 heteroatoms. The molecule has 0 aliphatic rings. The van der Waals surface area contributed by atoms with E-state index in [1.807, 2.05) is 31.2 Å². The van der Waals surface area contributed by atoms with Crippen LogP contribution in [0.1, 0.15) is 25.8 Å². The van der Waals surface area contributed by atoms with E-state index in [0.717, 1.165) is 17.7 Å². The van der Waals surface area contributed by atoms with Crippen LogP contribution in [0.25, 0.3) is 6.08 Å². The Hall–Kier alpha value is -2.30. The largest absolute Gasteiger partial charge is 0.494 e. The second-order valence-electron chi connectivity index (χ2n) is 4.32. The molecule has 0 aliphatic carbocycles. The topological polar surface area (TPSA) is 75.6 Å². The van der Waals surface area contributed by atoms with Crippen molar-refractivity contribution in [2.75, 3.05) is 6.61 Å². The SMILES string of the molecule is CCCOc1cccc(/C=C/C(=O)NC(C)C(=O)O)c1. The third-order valence-electron chi connectivity index (χ3n) is 2.49. The summed E-state index contributed by atoms with van der Waals surface area (Å²) < 4.78 is 5.49. The highest BCUT2D eigenvalue weighted by Gasteiger charge is 2.11. The maximum absolute atomic E-state index is 11.5. The van der Waals surface area contributed by atoms with Crippen LogP contribution in [0.4, 0.5) is 0 Å². The van der Waals surface area contributed by atoms with Gasteiger partial charge in [0, 0.05) is 6.08 Å². The second-order valence-corrected chi connectivity index (χ2v) is 4.32. The van der Waals surface area contributed by atoms with E-state index in [1.165, 1.54) is 13.0 Å². The molecule has 0 spiro atoms. The lowest BCUT2D eigenvalue weighted by molar-refractivity contribution is -0.140. The van der Waals surface area contributed by atoms with Gasteiger partial charge in [0.2, 0.25) is 5.91 Å². The number of carbonyl (C=O) groups excluding carboxylic acids is 1. The minimum Gasteiger partial charge on any atom is -0.494 e. The Kier molecular flexibility index (Phi) is 6.29. The molecule has 0 aliphatic heterocycles. The summed E-state index contributed by atoms with van der Waals surface area (Å²) in [5.41, 5.74) is 0.816. The molecule has 0 heterocycles. The lowest BCUT2D eigenvalue weighted by atomic mass is 10.2. The smallest absolute Gasteiger partial charge is 0.325 e. The van der Waals surface area contributed by atoms with Gasteiger partial charge in [-0.2, -0.15) is 0 Å². The van der Waals surface area contributed by atoms with E-state index in [-0.39, 0.29) is 0 Å². The summed E-state index contributed by atoms with van der Waals surface area (Å²) in [4.78, 5) is 22.1. The lowest BCUT2D eigenvalue weighted by Crippen LogP contribution is -2.37. The Morgan fingerprint density at radius 3 is 2.85 bits per heavy atom. The van der Waals surface area contributed by atoms with Gasteiger partial charge in [0.05, 0.1) is 6.61 Å². The van der Waals surface area contributed by atoms with Gasteiger partial charge >= 0.3 is 5.97 Å². The Morgan fingerprint density at radius 1 is 1.45 bits per heavy atom. The average molecular weight is 277 g/mol. The summed E-state index contributed by atoms with van der Waals surface area (Å²) in [6.45, 7) is 4.08. The van der Waals surface area contributed by atoms with Crippen LogP contribution in [0.3, 0.4) is 0 Å². The molecule has 1 unspecified atom stereocenters. The first-order valence-electron chi connectivity index (χ1n) is 6.47. The van der Waals surface area contributed by atoms with Crippen molar-refractivity contribution in [3.05, 3.63) is 35.9 Å². The fourth-order valence-corrected chi connectivity index (χ4v) is 1.42. The van der Waals surface area contributed by atoms with Gasteiger partial charge in [-0.1, -0.05) is 19.1 Å². The van der Waals surface area contributed by atoms with Crippen molar-refractivity contribution < 1.29 is 19.4 Å². The fraction of sp³-hybridized carbons (Fsp3) is 0.333. The van der Waals surface area contributed by atoms with Crippen molar-refractivity contribution in [1.82, 2.24) is 5.32 Å². The zero-order chi connectivity index (χ0) is 15.0. The van der Waals surface area contributed by atoms with Gasteiger partial charge < -0.3 is 15.2 Å². The molecule has 1 amide bonds. The van der Waals surface area contributed by atoms with Crippen LogP contribution in [0.2, 0.25) is 0 Å². The van der Waals surface area contributed by atoms with Crippen molar-refractivity contribution in [1.29, 1.82) is 0 Å². The number of aliphatic carboxylic acids is 1. The number of nitrogens with one attached hydrogen (secondary N) is 1. The van der Waals surface area contributed by atoms with Gasteiger partial charge in [-0.3, -0.25) is 9.59 Å². The van der Waals surface area contributed by atoms with Crippen LogP contribution in [0.5, 0.6) is 5.75 Å². The predicted molar refractivity (Wildman–Crippen MR) is 76.5 cm³/mol. The minimum atomic E-state index is -1.07. The molecule has 108 valence electrons. The van der Waals surface area contributed by atoms with Gasteiger partial charge in [0.1, 0.15) is 11.8 Å². The highest BCUT2D eigenvalue weighted by Crippen LogP contribution is 2.14. The van der Waals surface area contributed by atoms with Crippen molar-refractivity contribution in [3.63, 3.8) is 0 Å². The molecule has 0 bridgehead atoms. The summed E-state index contributed by atoms with van der Waals surface area (Å²) in [5.74, 6) is -0.769. The predicted octanol–water partition coefficient (Wildman–Crippen LogP) is 2.08. The number of hydrogen-bond acceptors (Lipinski definition) is 3. The molecule has 0 saturated heterocycles. The fourth-order valence-electron chi connectivity index (χ4n) is 1.42. The van der Waals surface area contributed by atoms with E-state index in [9.17, 15) is 9.59 Å². The lowest BCUT2D eigenvalue weighted by Gasteiger charge is -2.06.